The molecule has 0 heteroatoms. The molecule has 0 aromatic carbocycles. The fourth-order valence-corrected chi connectivity index (χ4v) is 3.87. The normalized spacial score (nSPS) is 20.8. The minimum absolute atomic E-state index is 0.671. The fraction of sp³-hybridized carbons (Fsp3) is 1.00. The Morgan fingerprint density at radius 1 is 0.778 bits per heavy atom. The monoisotopic (exact) mass is 252 g/mol. The van der Waals surface area contributed by atoms with Gasteiger partial charge < -0.3 is 0 Å². The van der Waals surface area contributed by atoms with E-state index >= 15 is 0 Å². The number of unbranched alkanes of at least 4 members (excludes halogenated alkanes) is 4. The summed E-state index contributed by atoms with van der Waals surface area (Å²) >= 11 is 0. The van der Waals surface area contributed by atoms with E-state index < -0.39 is 0 Å². The molecule has 0 aliphatic heterocycles. The third-order valence-corrected chi connectivity index (χ3v) is 5.29. The Kier molecular flexibility index (Phi) is 8.02. The maximum atomic E-state index is 2.62. The Labute approximate surface area is 116 Å². The van der Waals surface area contributed by atoms with Gasteiger partial charge in [-0.15, -0.1) is 0 Å². The van der Waals surface area contributed by atoms with E-state index in [1.165, 1.54) is 83.5 Å². The van der Waals surface area contributed by atoms with Gasteiger partial charge in [0, 0.05) is 0 Å². The molecule has 1 rings (SSSR count). The first-order valence-corrected chi connectivity index (χ1v) is 8.73. The van der Waals surface area contributed by atoms with Crippen molar-refractivity contribution in [3.63, 3.8) is 0 Å². The summed E-state index contributed by atoms with van der Waals surface area (Å²) in [5.74, 6) is 1.04. The van der Waals surface area contributed by atoms with Crippen molar-refractivity contribution >= 4 is 0 Å². The first kappa shape index (κ1) is 16.1. The SMILES string of the molecule is CCCCCCC(C)(CCCC)C1CCCCC1. The average Bonchev–Trinajstić information content (AvgIpc) is 2.42. The molecule has 0 saturated heterocycles. The van der Waals surface area contributed by atoms with Crippen molar-refractivity contribution in [1.82, 2.24) is 0 Å². The zero-order valence-electron chi connectivity index (χ0n) is 13.3. The Hall–Kier alpha value is 0. The van der Waals surface area contributed by atoms with Crippen LogP contribution in [-0.4, -0.2) is 0 Å². The topological polar surface area (TPSA) is 0 Å². The molecule has 1 aliphatic rings. The van der Waals surface area contributed by atoms with Crippen LogP contribution in [0.4, 0.5) is 0 Å². The summed E-state index contributed by atoms with van der Waals surface area (Å²) in [7, 11) is 0. The highest BCUT2D eigenvalue weighted by Crippen LogP contribution is 2.45. The van der Waals surface area contributed by atoms with Crippen LogP contribution in [0.5, 0.6) is 0 Å². The highest BCUT2D eigenvalue weighted by molar-refractivity contribution is 4.84. The number of hydrogen-bond donors (Lipinski definition) is 0. The van der Waals surface area contributed by atoms with Crippen LogP contribution in [0.1, 0.15) is 104 Å². The van der Waals surface area contributed by atoms with Crippen molar-refractivity contribution in [2.45, 2.75) is 104 Å². The molecule has 0 amide bonds. The molecule has 0 aromatic rings. The predicted octanol–water partition coefficient (Wildman–Crippen LogP) is 6.73. The lowest BCUT2D eigenvalue weighted by Crippen LogP contribution is -2.29. The molecule has 0 nitrogen and oxygen atoms in total. The zero-order chi connectivity index (χ0) is 13.3. The summed E-state index contributed by atoms with van der Waals surface area (Å²) in [6, 6.07) is 0. The molecule has 0 radical (unpaired) electrons. The van der Waals surface area contributed by atoms with Crippen molar-refractivity contribution in [1.29, 1.82) is 0 Å². The Morgan fingerprint density at radius 3 is 2.00 bits per heavy atom. The average molecular weight is 252 g/mol. The summed E-state index contributed by atoms with van der Waals surface area (Å²) in [4.78, 5) is 0. The molecule has 1 aliphatic carbocycles. The van der Waals surface area contributed by atoms with Gasteiger partial charge in [0.25, 0.3) is 0 Å². The van der Waals surface area contributed by atoms with Gasteiger partial charge in [0.15, 0.2) is 0 Å². The highest BCUT2D eigenvalue weighted by atomic mass is 14.4. The molecule has 0 aromatic heterocycles. The third kappa shape index (κ3) is 5.33. The van der Waals surface area contributed by atoms with E-state index in [-0.39, 0.29) is 0 Å². The summed E-state index contributed by atoms with van der Waals surface area (Å²) in [5, 5.41) is 0. The van der Waals surface area contributed by atoms with Gasteiger partial charge in [-0.1, -0.05) is 78.6 Å². The first-order valence-electron chi connectivity index (χ1n) is 8.73. The molecule has 0 N–H and O–H groups in total. The molecular weight excluding hydrogens is 216 g/mol. The van der Waals surface area contributed by atoms with Gasteiger partial charge in [-0.05, 0) is 37.0 Å². The molecule has 1 fully saturated rings. The van der Waals surface area contributed by atoms with E-state index in [0.29, 0.717) is 5.41 Å². The van der Waals surface area contributed by atoms with Gasteiger partial charge in [-0.3, -0.25) is 0 Å². The Balaban J connectivity index is 2.44. The third-order valence-electron chi connectivity index (χ3n) is 5.29. The van der Waals surface area contributed by atoms with Crippen LogP contribution in [0.15, 0.2) is 0 Å². The van der Waals surface area contributed by atoms with Crippen LogP contribution in [0.2, 0.25) is 0 Å². The van der Waals surface area contributed by atoms with Gasteiger partial charge in [0.05, 0.1) is 0 Å². The van der Waals surface area contributed by atoms with Gasteiger partial charge in [-0.2, -0.15) is 0 Å². The largest absolute Gasteiger partial charge is 0.0654 e. The van der Waals surface area contributed by atoms with Crippen molar-refractivity contribution in [2.75, 3.05) is 0 Å². The molecule has 0 heterocycles. The summed E-state index contributed by atoms with van der Waals surface area (Å²) in [6.07, 6.45) is 19.1. The Bertz CT molecular complexity index is 190. The lowest BCUT2D eigenvalue weighted by Gasteiger charge is -2.40. The second kappa shape index (κ2) is 8.99. The van der Waals surface area contributed by atoms with Crippen molar-refractivity contribution in [3.05, 3.63) is 0 Å². The summed E-state index contributed by atoms with van der Waals surface area (Å²) < 4.78 is 0. The standard InChI is InChI=1S/C18H36/c1-4-6-8-12-16-18(3,15-7-5-2)17-13-10-9-11-14-17/h17H,4-16H2,1-3H3. The molecule has 1 atom stereocenters. The van der Waals surface area contributed by atoms with Gasteiger partial charge in [0.2, 0.25) is 0 Å². The summed E-state index contributed by atoms with van der Waals surface area (Å²) in [6.45, 7) is 7.28. The van der Waals surface area contributed by atoms with Crippen molar-refractivity contribution in [3.8, 4) is 0 Å². The van der Waals surface area contributed by atoms with Crippen molar-refractivity contribution < 1.29 is 0 Å². The molecule has 1 saturated carbocycles. The van der Waals surface area contributed by atoms with E-state index in [0.717, 1.165) is 5.92 Å². The lowest BCUT2D eigenvalue weighted by atomic mass is 9.65. The van der Waals surface area contributed by atoms with E-state index in [1.807, 2.05) is 0 Å². The van der Waals surface area contributed by atoms with Gasteiger partial charge >= 0.3 is 0 Å². The summed E-state index contributed by atoms with van der Waals surface area (Å²) in [5.41, 5.74) is 0.671. The van der Waals surface area contributed by atoms with Crippen LogP contribution in [-0.2, 0) is 0 Å². The number of hydrogen-bond acceptors (Lipinski definition) is 0. The molecule has 1 unspecified atom stereocenters. The van der Waals surface area contributed by atoms with E-state index in [2.05, 4.69) is 20.8 Å². The molecule has 0 bridgehead atoms. The van der Waals surface area contributed by atoms with Crippen molar-refractivity contribution in [2.24, 2.45) is 11.3 Å². The molecule has 108 valence electrons. The number of rotatable bonds is 9. The smallest absolute Gasteiger partial charge is 0.0298 e. The molecule has 0 spiro atoms. The maximum Gasteiger partial charge on any atom is -0.0298 e. The Morgan fingerprint density at radius 2 is 1.39 bits per heavy atom. The van der Waals surface area contributed by atoms with Gasteiger partial charge in [0.1, 0.15) is 0 Å². The van der Waals surface area contributed by atoms with Crippen LogP contribution in [0, 0.1) is 11.3 Å². The second-order valence-corrected chi connectivity index (χ2v) is 6.90. The quantitative estimate of drug-likeness (QED) is 0.399. The second-order valence-electron chi connectivity index (χ2n) is 6.90. The van der Waals surface area contributed by atoms with Crippen LogP contribution >= 0.6 is 0 Å². The van der Waals surface area contributed by atoms with E-state index in [1.54, 1.807) is 0 Å². The van der Waals surface area contributed by atoms with Gasteiger partial charge in [-0.25, -0.2) is 0 Å². The molecule has 18 heavy (non-hydrogen) atoms. The molecular formula is C18H36. The first-order chi connectivity index (χ1) is 8.73. The predicted molar refractivity (Wildman–Crippen MR) is 83.0 cm³/mol. The zero-order valence-corrected chi connectivity index (χ0v) is 13.3. The minimum atomic E-state index is 0.671. The van der Waals surface area contributed by atoms with Crippen LogP contribution < -0.4 is 0 Å². The van der Waals surface area contributed by atoms with E-state index in [9.17, 15) is 0 Å². The van der Waals surface area contributed by atoms with E-state index in [4.69, 9.17) is 0 Å². The fourth-order valence-electron chi connectivity index (χ4n) is 3.87. The van der Waals surface area contributed by atoms with Crippen LogP contribution in [0.3, 0.4) is 0 Å². The minimum Gasteiger partial charge on any atom is -0.0654 e. The lowest BCUT2D eigenvalue weighted by molar-refractivity contribution is 0.106. The maximum absolute atomic E-state index is 2.62. The highest BCUT2D eigenvalue weighted by Gasteiger charge is 2.33. The van der Waals surface area contributed by atoms with Crippen LogP contribution in [0.25, 0.3) is 0 Å².